The van der Waals surface area contributed by atoms with E-state index < -0.39 is 48.2 Å². The van der Waals surface area contributed by atoms with Crippen molar-refractivity contribution < 1.29 is 38.4 Å². The Morgan fingerprint density at radius 1 is 0.524 bits per heavy atom. The van der Waals surface area contributed by atoms with Crippen molar-refractivity contribution >= 4 is 47.3 Å². The number of likely N-dealkylation sites (N-methyl/N-ethyl adjacent to an activating group) is 2. The fraction of sp³-hybridized carbons (Fsp3) is 0.587. The van der Waals surface area contributed by atoms with E-state index in [2.05, 4.69) is 60.0 Å². The van der Waals surface area contributed by atoms with Crippen molar-refractivity contribution in [3.8, 4) is 0 Å². The molecule has 0 aromatic heterocycles. The van der Waals surface area contributed by atoms with Gasteiger partial charge < -0.3 is 57.7 Å². The van der Waals surface area contributed by atoms with Crippen LogP contribution >= 0.6 is 0 Å². The molecular formula is C63H91N11O8. The zero-order valence-electron chi connectivity index (χ0n) is 48.7. The molecule has 0 spiro atoms. The van der Waals surface area contributed by atoms with Gasteiger partial charge in [0.15, 0.2) is 0 Å². The second kappa shape index (κ2) is 32.2. The molecular weight excluding hydrogens is 1040 g/mol. The molecule has 19 heteroatoms. The molecule has 4 aliphatic heterocycles. The normalized spacial score (nSPS) is 23.5. The smallest absolute Gasteiger partial charge is 0.247 e. The number of fused-ring (bicyclic) bond motifs is 2. The molecule has 4 saturated heterocycles. The Morgan fingerprint density at radius 2 is 1.02 bits per heavy atom. The molecule has 0 radical (unpaired) electrons. The third-order valence-electron chi connectivity index (χ3n) is 17.4. The highest BCUT2D eigenvalue weighted by Crippen LogP contribution is 2.37. The Bertz CT molecular complexity index is 2550. The Kier molecular flexibility index (Phi) is 24.7. The molecule has 446 valence electrons. The van der Waals surface area contributed by atoms with Gasteiger partial charge >= 0.3 is 0 Å². The summed E-state index contributed by atoms with van der Waals surface area (Å²) >= 11 is 0. The van der Waals surface area contributed by atoms with Crippen molar-refractivity contribution in [1.82, 2.24) is 57.7 Å². The first-order valence-corrected chi connectivity index (χ1v) is 30.4. The minimum absolute atomic E-state index is 0.134. The first-order valence-electron chi connectivity index (χ1n) is 30.4. The van der Waals surface area contributed by atoms with Gasteiger partial charge in [0.05, 0.1) is 12.1 Å². The lowest BCUT2D eigenvalue weighted by Crippen LogP contribution is -2.59. The largest absolute Gasteiger partial charge is 0.356 e. The predicted molar refractivity (Wildman–Crippen MR) is 315 cm³/mol. The van der Waals surface area contributed by atoms with Crippen molar-refractivity contribution in [2.75, 3.05) is 33.7 Å². The number of carbonyl (C=O) groups is 8. The average molecular weight is 1130 g/mol. The molecule has 0 aliphatic carbocycles. The zero-order chi connectivity index (χ0) is 58.4. The summed E-state index contributed by atoms with van der Waals surface area (Å²) in [5.74, 6) is -2.70. The van der Waals surface area contributed by atoms with Crippen molar-refractivity contribution in [2.24, 2.45) is 11.8 Å². The van der Waals surface area contributed by atoms with Crippen LogP contribution in [0, 0.1) is 11.8 Å². The molecule has 19 nitrogen and oxygen atoms in total. The maximum absolute atomic E-state index is 14.8. The number of unbranched alkanes of at least 4 members (excludes halogenated alkanes) is 4. The molecule has 4 fully saturated rings. The third-order valence-corrected chi connectivity index (χ3v) is 17.4. The van der Waals surface area contributed by atoms with E-state index in [1.807, 2.05) is 80.6 Å². The van der Waals surface area contributed by atoms with Crippen LogP contribution in [0.5, 0.6) is 0 Å². The van der Waals surface area contributed by atoms with E-state index in [1.54, 1.807) is 36.0 Å². The SMILES string of the molecule is CC[C@H](NC)C(=O)N[C@@H]1C(=O)N2[C@@H](CC[C@@H]1CNC(=O)CCCCCCCNC(=O)[C@@H](NC(=O)[C@@H]1CC[C@@H]3CC[C@H](CCNCc4ccccc4)[C@H](NC(=O)[C@H](CC)NC)C(=O)N31)c1ccccc1)CC[C@H]2C(=O)NCc1ccccc1. The van der Waals surface area contributed by atoms with Crippen molar-refractivity contribution in [3.63, 3.8) is 0 Å². The van der Waals surface area contributed by atoms with E-state index in [0.29, 0.717) is 122 Å². The van der Waals surface area contributed by atoms with Crippen LogP contribution in [0.1, 0.15) is 146 Å². The fourth-order valence-corrected chi connectivity index (χ4v) is 12.6. The molecule has 82 heavy (non-hydrogen) atoms. The molecule has 9 N–H and O–H groups in total. The second-order valence-electron chi connectivity index (χ2n) is 22.8. The summed E-state index contributed by atoms with van der Waals surface area (Å²) in [5.41, 5.74) is 2.74. The van der Waals surface area contributed by atoms with Crippen LogP contribution in [-0.2, 0) is 51.4 Å². The number of rotatable bonds is 30. The van der Waals surface area contributed by atoms with Gasteiger partial charge in [-0.2, -0.15) is 0 Å². The average Bonchev–Trinajstić information content (AvgIpc) is 4.19. The minimum atomic E-state index is -0.997. The monoisotopic (exact) mass is 1130 g/mol. The topological polar surface area (TPSA) is 251 Å². The van der Waals surface area contributed by atoms with E-state index in [-0.39, 0.29) is 71.8 Å². The lowest BCUT2D eigenvalue weighted by atomic mass is 9.90. The van der Waals surface area contributed by atoms with Gasteiger partial charge in [-0.15, -0.1) is 0 Å². The highest BCUT2D eigenvalue weighted by Gasteiger charge is 2.49. The molecule has 4 aliphatic rings. The highest BCUT2D eigenvalue weighted by atomic mass is 16.2. The minimum Gasteiger partial charge on any atom is -0.356 e. The van der Waals surface area contributed by atoms with Gasteiger partial charge in [-0.3, -0.25) is 38.4 Å². The second-order valence-corrected chi connectivity index (χ2v) is 22.8. The van der Waals surface area contributed by atoms with Gasteiger partial charge in [0.1, 0.15) is 30.2 Å². The molecule has 0 bridgehead atoms. The molecule has 4 heterocycles. The van der Waals surface area contributed by atoms with Crippen LogP contribution in [0.3, 0.4) is 0 Å². The van der Waals surface area contributed by atoms with Gasteiger partial charge in [0, 0.05) is 50.6 Å². The Balaban J connectivity index is 0.870. The molecule has 8 amide bonds. The predicted octanol–water partition coefficient (Wildman–Crippen LogP) is 4.42. The summed E-state index contributed by atoms with van der Waals surface area (Å²) in [5, 5.41) is 27.8. The number of nitrogens with zero attached hydrogens (tertiary/aromatic N) is 2. The molecule has 3 aromatic rings. The van der Waals surface area contributed by atoms with Gasteiger partial charge in [0.2, 0.25) is 47.3 Å². The number of nitrogens with one attached hydrogen (secondary N) is 9. The number of carbonyl (C=O) groups excluding carboxylic acids is 8. The Labute approximate surface area is 485 Å². The van der Waals surface area contributed by atoms with E-state index in [1.165, 1.54) is 0 Å². The molecule has 7 rings (SSSR count). The maximum Gasteiger partial charge on any atom is 0.247 e. The number of benzene rings is 3. The number of hydrogen-bond acceptors (Lipinski definition) is 11. The number of hydrogen-bond donors (Lipinski definition) is 9. The summed E-state index contributed by atoms with van der Waals surface area (Å²) < 4.78 is 0. The van der Waals surface area contributed by atoms with Gasteiger partial charge in [-0.1, -0.05) is 124 Å². The molecule has 11 atom stereocenters. The molecule has 3 aromatic carbocycles. The van der Waals surface area contributed by atoms with Crippen LogP contribution in [0.15, 0.2) is 91.0 Å². The molecule has 0 unspecified atom stereocenters. The third kappa shape index (κ3) is 17.2. The fourth-order valence-electron chi connectivity index (χ4n) is 12.6. The molecule has 0 saturated carbocycles. The van der Waals surface area contributed by atoms with Crippen molar-refractivity contribution in [3.05, 3.63) is 108 Å². The Hall–Kier alpha value is -6.70. The van der Waals surface area contributed by atoms with E-state index in [4.69, 9.17) is 0 Å². The lowest BCUT2D eigenvalue weighted by Gasteiger charge is -2.33. The number of amides is 8. The summed E-state index contributed by atoms with van der Waals surface area (Å²) in [6.07, 6.45) is 10.8. The van der Waals surface area contributed by atoms with E-state index >= 15 is 0 Å². The van der Waals surface area contributed by atoms with Gasteiger partial charge in [-0.05, 0) is 127 Å². The van der Waals surface area contributed by atoms with Gasteiger partial charge in [0.25, 0.3) is 0 Å². The van der Waals surface area contributed by atoms with E-state index in [9.17, 15) is 38.4 Å². The summed E-state index contributed by atoms with van der Waals surface area (Å²) in [6.45, 7) is 6.09. The van der Waals surface area contributed by atoms with Crippen LogP contribution in [-0.4, -0.2) is 139 Å². The zero-order valence-corrected chi connectivity index (χ0v) is 48.7. The quantitative estimate of drug-likeness (QED) is 0.0423. The van der Waals surface area contributed by atoms with Crippen molar-refractivity contribution in [1.29, 1.82) is 0 Å². The standard InChI is InChI=1S/C63H91N11O8/c1-5-49(64-3)57(76)71-55-45(36-38-66-39-42-21-13-10-14-22-42)28-30-47-33-35-52(74(47)62(55)81)60(79)70-54(44-25-17-12-18-26-44)61(80)67-37-20-9-7-8-19-27-53(75)68-41-46-29-31-48-32-34-51(59(78)69-40-43-23-15-11-16-24-43)73(48)63(82)56(46)72-58(77)50(6-2)65-4/h10-18,21-26,45-52,54-56,64-66H,5-9,19-20,27-41H2,1-4H3,(H,67,80)(H,68,75)(H,69,78)(H,70,79)(H,71,76)(H,72,77)/t45-,46-,47+,48+,49+,50+,51+,52+,54+,55+,56+/m1/s1. The van der Waals surface area contributed by atoms with Gasteiger partial charge in [-0.25, -0.2) is 0 Å². The van der Waals surface area contributed by atoms with Crippen LogP contribution < -0.4 is 47.9 Å². The summed E-state index contributed by atoms with van der Waals surface area (Å²) in [7, 11) is 3.43. The maximum atomic E-state index is 14.8. The highest BCUT2D eigenvalue weighted by molar-refractivity contribution is 5.96. The first kappa shape index (κ1) is 62.9. The van der Waals surface area contributed by atoms with Crippen LogP contribution in [0.2, 0.25) is 0 Å². The summed E-state index contributed by atoms with van der Waals surface area (Å²) in [6, 6.07) is 23.4. The van der Waals surface area contributed by atoms with E-state index in [0.717, 1.165) is 30.4 Å². The first-order chi connectivity index (χ1) is 39.8. The Morgan fingerprint density at radius 3 is 1.60 bits per heavy atom. The van der Waals surface area contributed by atoms with Crippen LogP contribution in [0.4, 0.5) is 0 Å². The lowest BCUT2D eigenvalue weighted by molar-refractivity contribution is -0.144. The van der Waals surface area contributed by atoms with Crippen molar-refractivity contribution in [2.45, 2.75) is 190 Å². The van der Waals surface area contributed by atoms with Crippen LogP contribution in [0.25, 0.3) is 0 Å². The summed E-state index contributed by atoms with van der Waals surface area (Å²) in [4.78, 5) is 115.